The van der Waals surface area contributed by atoms with E-state index >= 15 is 0 Å². The second-order valence-electron chi connectivity index (χ2n) is 14.4. The molecule has 258 valence electrons. The molecule has 1 aliphatic rings. The number of hydrogen-bond acceptors (Lipinski definition) is 2. The van der Waals surface area contributed by atoms with Gasteiger partial charge in [-0.1, -0.05) is 182 Å². The summed E-state index contributed by atoms with van der Waals surface area (Å²) in [5.74, 6) is 0. The third kappa shape index (κ3) is 4.68. The highest BCUT2D eigenvalue weighted by atomic mass is 16.3. The number of rotatable bonds is 6. The minimum Gasteiger partial charge on any atom is -0.453 e. The van der Waals surface area contributed by atoms with Gasteiger partial charge in [0.15, 0.2) is 5.58 Å². The van der Waals surface area contributed by atoms with Crippen molar-refractivity contribution in [2.45, 2.75) is 5.41 Å². The molecule has 0 fully saturated rings. The van der Waals surface area contributed by atoms with Crippen LogP contribution in [-0.4, -0.2) is 0 Å². The quantitative estimate of drug-likeness (QED) is 0.172. The smallest absolute Gasteiger partial charge is 0.159 e. The van der Waals surface area contributed by atoms with Crippen LogP contribution < -0.4 is 4.90 Å². The minimum absolute atomic E-state index is 0.550. The molecule has 0 spiro atoms. The molecule has 0 aliphatic heterocycles. The SMILES string of the molecule is c1ccc(-c2cccc3c2oc2c(N(c4ccccc4)c4ccc5c(c4)C(c4ccccc4)(c4ccccc4)c4ccc6ccccc6c4-5)cccc23)cc1. The Morgan fingerprint density at radius 2 is 0.982 bits per heavy atom. The van der Waals surface area contributed by atoms with E-state index in [-0.39, 0.29) is 0 Å². The molecule has 0 radical (unpaired) electrons. The Bertz CT molecular complexity index is 2980. The molecule has 1 heterocycles. The van der Waals surface area contributed by atoms with Crippen LogP contribution in [0.15, 0.2) is 217 Å². The number of nitrogens with zero attached hydrogens (tertiary/aromatic N) is 1. The van der Waals surface area contributed by atoms with Gasteiger partial charge in [0.2, 0.25) is 0 Å². The lowest BCUT2D eigenvalue weighted by Crippen LogP contribution is -2.28. The summed E-state index contributed by atoms with van der Waals surface area (Å²) in [4.78, 5) is 2.37. The number of furan rings is 1. The van der Waals surface area contributed by atoms with Crippen LogP contribution in [0.1, 0.15) is 22.3 Å². The highest BCUT2D eigenvalue weighted by molar-refractivity contribution is 6.14. The van der Waals surface area contributed by atoms with Crippen LogP contribution in [0, 0.1) is 0 Å². The summed E-state index contributed by atoms with van der Waals surface area (Å²) in [6.45, 7) is 0. The van der Waals surface area contributed by atoms with Crippen molar-refractivity contribution in [1.82, 2.24) is 0 Å². The van der Waals surface area contributed by atoms with Crippen LogP contribution in [0.4, 0.5) is 17.1 Å². The Morgan fingerprint density at radius 3 is 1.71 bits per heavy atom. The van der Waals surface area contributed by atoms with Gasteiger partial charge in [0.05, 0.1) is 11.1 Å². The molecule has 0 bridgehead atoms. The fourth-order valence-electron chi connectivity index (χ4n) is 9.21. The van der Waals surface area contributed by atoms with Gasteiger partial charge in [-0.15, -0.1) is 0 Å². The van der Waals surface area contributed by atoms with Crippen molar-refractivity contribution < 1.29 is 4.42 Å². The number of hydrogen-bond donors (Lipinski definition) is 0. The van der Waals surface area contributed by atoms with Crippen LogP contribution in [0.2, 0.25) is 0 Å². The monoisotopic (exact) mass is 701 g/mol. The van der Waals surface area contributed by atoms with Gasteiger partial charge in [-0.25, -0.2) is 0 Å². The van der Waals surface area contributed by atoms with E-state index in [2.05, 4.69) is 217 Å². The van der Waals surface area contributed by atoms with Crippen LogP contribution >= 0.6 is 0 Å². The summed E-state index contributed by atoms with van der Waals surface area (Å²) in [6.07, 6.45) is 0. The summed E-state index contributed by atoms with van der Waals surface area (Å²) in [7, 11) is 0. The lowest BCUT2D eigenvalue weighted by atomic mass is 9.67. The van der Waals surface area contributed by atoms with Crippen molar-refractivity contribution >= 4 is 49.8 Å². The van der Waals surface area contributed by atoms with E-state index in [9.17, 15) is 0 Å². The minimum atomic E-state index is -0.550. The highest BCUT2D eigenvalue weighted by Gasteiger charge is 2.47. The van der Waals surface area contributed by atoms with Gasteiger partial charge in [-0.3, -0.25) is 0 Å². The van der Waals surface area contributed by atoms with E-state index < -0.39 is 5.41 Å². The molecule has 10 aromatic rings. The number of anilines is 3. The van der Waals surface area contributed by atoms with E-state index in [0.717, 1.165) is 50.1 Å². The van der Waals surface area contributed by atoms with Crippen molar-refractivity contribution in [2.75, 3.05) is 4.90 Å². The Labute approximate surface area is 320 Å². The first-order chi connectivity index (χ1) is 27.3. The first-order valence-electron chi connectivity index (χ1n) is 18.9. The van der Waals surface area contributed by atoms with E-state index in [0.29, 0.717) is 0 Å². The normalized spacial score (nSPS) is 12.9. The molecule has 11 rings (SSSR count). The second kappa shape index (κ2) is 12.5. The van der Waals surface area contributed by atoms with E-state index in [1.807, 2.05) is 0 Å². The Kier molecular flexibility index (Phi) is 7.11. The maximum absolute atomic E-state index is 7.02. The fraction of sp³-hybridized carbons (Fsp3) is 0.0189. The molecule has 0 unspecified atom stereocenters. The van der Waals surface area contributed by atoms with Crippen LogP contribution in [0.3, 0.4) is 0 Å². The average molecular weight is 702 g/mol. The van der Waals surface area contributed by atoms with Crippen molar-refractivity contribution in [3.63, 3.8) is 0 Å². The number of para-hydroxylation sites is 3. The Hall–Kier alpha value is -7.16. The molecular formula is C53H35NO. The van der Waals surface area contributed by atoms with E-state index in [1.54, 1.807) is 0 Å². The van der Waals surface area contributed by atoms with Crippen molar-refractivity contribution in [3.05, 3.63) is 235 Å². The largest absolute Gasteiger partial charge is 0.453 e. The average Bonchev–Trinajstić information content (AvgIpc) is 3.80. The molecule has 0 N–H and O–H groups in total. The summed E-state index contributed by atoms with van der Waals surface area (Å²) in [5.41, 5.74) is 14.1. The van der Waals surface area contributed by atoms with E-state index in [4.69, 9.17) is 4.42 Å². The summed E-state index contributed by atoms with van der Waals surface area (Å²) in [5, 5.41) is 4.71. The first kappa shape index (κ1) is 31.4. The summed E-state index contributed by atoms with van der Waals surface area (Å²) >= 11 is 0. The molecule has 0 atom stereocenters. The van der Waals surface area contributed by atoms with Crippen molar-refractivity contribution in [2.24, 2.45) is 0 Å². The lowest BCUT2D eigenvalue weighted by Gasteiger charge is -2.35. The second-order valence-corrected chi connectivity index (χ2v) is 14.4. The molecule has 55 heavy (non-hydrogen) atoms. The van der Waals surface area contributed by atoms with Gasteiger partial charge in [-0.2, -0.15) is 0 Å². The molecule has 0 saturated heterocycles. The molecule has 9 aromatic carbocycles. The van der Waals surface area contributed by atoms with Gasteiger partial charge in [0.1, 0.15) is 5.58 Å². The molecular weight excluding hydrogens is 667 g/mol. The Balaban J connectivity index is 1.21. The number of benzene rings is 9. The highest BCUT2D eigenvalue weighted by Crippen LogP contribution is 2.59. The fourth-order valence-corrected chi connectivity index (χ4v) is 9.21. The zero-order chi connectivity index (χ0) is 36.3. The summed E-state index contributed by atoms with van der Waals surface area (Å²) < 4.78 is 7.02. The van der Waals surface area contributed by atoms with Gasteiger partial charge in [0.25, 0.3) is 0 Å². The maximum Gasteiger partial charge on any atom is 0.159 e. The Morgan fingerprint density at radius 1 is 0.382 bits per heavy atom. The molecule has 2 nitrogen and oxygen atoms in total. The first-order valence-corrected chi connectivity index (χ1v) is 18.9. The molecule has 1 aliphatic carbocycles. The van der Waals surface area contributed by atoms with Crippen LogP contribution in [0.25, 0.3) is 55.0 Å². The molecule has 0 amide bonds. The van der Waals surface area contributed by atoms with Gasteiger partial charge < -0.3 is 9.32 Å². The maximum atomic E-state index is 7.02. The molecule has 1 aromatic heterocycles. The van der Waals surface area contributed by atoms with Gasteiger partial charge >= 0.3 is 0 Å². The molecule has 0 saturated carbocycles. The summed E-state index contributed by atoms with van der Waals surface area (Å²) in [6, 6.07) is 76.8. The van der Waals surface area contributed by atoms with Crippen molar-refractivity contribution in [3.8, 4) is 22.3 Å². The zero-order valence-corrected chi connectivity index (χ0v) is 30.1. The van der Waals surface area contributed by atoms with Crippen LogP contribution in [0.5, 0.6) is 0 Å². The third-order valence-corrected chi connectivity index (χ3v) is 11.5. The van der Waals surface area contributed by atoms with Crippen LogP contribution in [-0.2, 0) is 5.41 Å². The topological polar surface area (TPSA) is 16.4 Å². The lowest BCUT2D eigenvalue weighted by molar-refractivity contribution is 0.670. The van der Waals surface area contributed by atoms with Gasteiger partial charge in [0, 0.05) is 27.7 Å². The predicted molar refractivity (Wildman–Crippen MR) is 229 cm³/mol. The zero-order valence-electron chi connectivity index (χ0n) is 30.1. The van der Waals surface area contributed by atoms with Crippen molar-refractivity contribution in [1.29, 1.82) is 0 Å². The standard InChI is InChI=1S/C53H35NO/c1-5-17-36(18-6-1)43-27-15-28-44-45-29-16-30-49(52(45)55-51(43)44)54(40-24-11-4-12-25-40)41-32-33-46-48(35-41)53(38-20-7-2-8-21-38,39-22-9-3-10-23-39)47-34-31-37-19-13-14-26-42(37)50(46)47/h1-35H. The van der Waals surface area contributed by atoms with E-state index in [1.165, 1.54) is 44.2 Å². The van der Waals surface area contributed by atoms with Gasteiger partial charge in [-0.05, 0) is 80.0 Å². The predicted octanol–water partition coefficient (Wildman–Crippen LogP) is 14.2. The third-order valence-electron chi connectivity index (χ3n) is 11.5. The number of fused-ring (bicyclic) bond motifs is 8. The molecule has 2 heteroatoms.